The molecule has 13 heavy (non-hydrogen) atoms. The summed E-state index contributed by atoms with van der Waals surface area (Å²) in [6.45, 7) is 2.03. The van der Waals surface area contributed by atoms with Crippen LogP contribution in [0.1, 0.15) is 26.2 Å². The van der Waals surface area contributed by atoms with Crippen molar-refractivity contribution in [3.05, 3.63) is 0 Å². The first-order valence-electron chi connectivity index (χ1n) is 4.72. The van der Waals surface area contributed by atoms with Gasteiger partial charge in [-0.3, -0.25) is 9.20 Å². The number of rotatable bonds is 5. The maximum absolute atomic E-state index is 10.8. The van der Waals surface area contributed by atoms with Gasteiger partial charge in [0, 0.05) is 34.8 Å². The van der Waals surface area contributed by atoms with E-state index in [-0.39, 0.29) is 6.04 Å². The molecule has 2 atom stereocenters. The predicted molar refractivity (Wildman–Crippen MR) is 57.4 cm³/mol. The number of nitrogens with two attached hydrogens (primary N) is 1. The van der Waals surface area contributed by atoms with Gasteiger partial charge in [0.15, 0.2) is 0 Å². The monoisotopic (exact) mass is 202 g/mol. The molecule has 0 heterocycles. The Balaban J connectivity index is 2.26. The average Bonchev–Trinajstić information content (AvgIpc) is 2.82. The molecule has 1 aliphatic rings. The second kappa shape index (κ2) is 4.74. The van der Waals surface area contributed by atoms with Crippen LogP contribution < -0.4 is 5.73 Å². The van der Waals surface area contributed by atoms with Crippen LogP contribution in [0.15, 0.2) is 4.99 Å². The maximum atomic E-state index is 10.8. The van der Waals surface area contributed by atoms with Gasteiger partial charge in [-0.05, 0) is 26.2 Å². The van der Waals surface area contributed by atoms with Crippen molar-refractivity contribution in [2.45, 2.75) is 32.2 Å². The van der Waals surface area contributed by atoms with E-state index >= 15 is 0 Å². The summed E-state index contributed by atoms with van der Waals surface area (Å²) in [6, 6.07) is 0.226. The van der Waals surface area contributed by atoms with Crippen LogP contribution in [0.25, 0.3) is 0 Å². The van der Waals surface area contributed by atoms with Crippen molar-refractivity contribution in [2.75, 3.05) is 12.0 Å². The summed E-state index contributed by atoms with van der Waals surface area (Å²) < 4.78 is 10.8. The first-order valence-corrected chi connectivity index (χ1v) is 6.45. The SMILES string of the molecule is CC(CCS(C)=O)N=C(N)C1CC1. The van der Waals surface area contributed by atoms with Gasteiger partial charge >= 0.3 is 0 Å². The lowest BCUT2D eigenvalue weighted by atomic mass is 10.2. The Bertz CT molecular complexity index is 224. The highest BCUT2D eigenvalue weighted by Crippen LogP contribution is 2.29. The molecular weight excluding hydrogens is 184 g/mol. The second-order valence-electron chi connectivity index (χ2n) is 3.74. The molecule has 0 aromatic carbocycles. The van der Waals surface area contributed by atoms with E-state index in [1.54, 1.807) is 6.26 Å². The van der Waals surface area contributed by atoms with Crippen molar-refractivity contribution in [1.29, 1.82) is 0 Å². The van der Waals surface area contributed by atoms with Crippen molar-refractivity contribution in [2.24, 2.45) is 16.6 Å². The van der Waals surface area contributed by atoms with E-state index in [9.17, 15) is 4.21 Å². The zero-order chi connectivity index (χ0) is 9.84. The molecule has 0 amide bonds. The Kier molecular flexibility index (Phi) is 3.90. The number of amidine groups is 1. The molecule has 1 fully saturated rings. The van der Waals surface area contributed by atoms with Gasteiger partial charge < -0.3 is 5.73 Å². The molecule has 0 spiro atoms. The summed E-state index contributed by atoms with van der Waals surface area (Å²) in [7, 11) is -0.706. The van der Waals surface area contributed by atoms with Crippen LogP contribution >= 0.6 is 0 Å². The number of aliphatic imine (C=N–C) groups is 1. The van der Waals surface area contributed by atoms with E-state index in [0.29, 0.717) is 5.92 Å². The average molecular weight is 202 g/mol. The molecule has 1 saturated carbocycles. The minimum atomic E-state index is -0.706. The fourth-order valence-electron chi connectivity index (χ4n) is 1.14. The Morgan fingerprint density at radius 2 is 2.31 bits per heavy atom. The standard InChI is InChI=1S/C9H18N2OS/c1-7(5-6-13(2)12)11-9(10)8-3-4-8/h7-8H,3-6H2,1-2H3,(H2,10,11). The number of hydrogen-bond acceptors (Lipinski definition) is 2. The fourth-order valence-corrected chi connectivity index (χ4v) is 1.81. The van der Waals surface area contributed by atoms with Crippen molar-refractivity contribution < 1.29 is 4.21 Å². The van der Waals surface area contributed by atoms with Crippen molar-refractivity contribution >= 4 is 16.6 Å². The van der Waals surface area contributed by atoms with Gasteiger partial charge in [0.1, 0.15) is 0 Å². The third kappa shape index (κ3) is 4.41. The Hall–Kier alpha value is -0.380. The minimum absolute atomic E-state index is 0.226. The molecule has 0 aromatic heterocycles. The zero-order valence-electron chi connectivity index (χ0n) is 8.32. The van der Waals surface area contributed by atoms with E-state index in [1.165, 1.54) is 12.8 Å². The highest BCUT2D eigenvalue weighted by molar-refractivity contribution is 7.84. The van der Waals surface area contributed by atoms with Gasteiger partial charge in [-0.15, -0.1) is 0 Å². The summed E-state index contributed by atoms with van der Waals surface area (Å²) >= 11 is 0. The lowest BCUT2D eigenvalue weighted by Gasteiger charge is -2.06. The summed E-state index contributed by atoms with van der Waals surface area (Å²) in [6.07, 6.45) is 4.99. The first-order chi connectivity index (χ1) is 6.09. The molecule has 4 heteroatoms. The lowest BCUT2D eigenvalue weighted by Crippen LogP contribution is -2.18. The van der Waals surface area contributed by atoms with E-state index in [2.05, 4.69) is 4.99 Å². The Morgan fingerprint density at radius 3 is 2.77 bits per heavy atom. The second-order valence-corrected chi connectivity index (χ2v) is 5.30. The van der Waals surface area contributed by atoms with Crippen LogP contribution in [0.5, 0.6) is 0 Å². The van der Waals surface area contributed by atoms with E-state index < -0.39 is 10.8 Å². The van der Waals surface area contributed by atoms with E-state index in [4.69, 9.17) is 5.73 Å². The zero-order valence-corrected chi connectivity index (χ0v) is 9.14. The minimum Gasteiger partial charge on any atom is -0.387 e. The smallest absolute Gasteiger partial charge is 0.0971 e. The Labute approximate surface area is 82.3 Å². The fraction of sp³-hybridized carbons (Fsp3) is 0.889. The molecule has 76 valence electrons. The summed E-state index contributed by atoms with van der Waals surface area (Å²) in [4.78, 5) is 4.37. The molecule has 0 aromatic rings. The van der Waals surface area contributed by atoms with Gasteiger partial charge in [0.05, 0.1) is 5.84 Å². The molecule has 0 aliphatic heterocycles. The summed E-state index contributed by atoms with van der Waals surface area (Å²) in [5.74, 6) is 2.08. The van der Waals surface area contributed by atoms with Gasteiger partial charge in [0.25, 0.3) is 0 Å². The third-order valence-corrected chi connectivity index (χ3v) is 3.00. The van der Waals surface area contributed by atoms with Gasteiger partial charge in [-0.1, -0.05) is 0 Å². The lowest BCUT2D eigenvalue weighted by molar-refractivity contribution is 0.671. The summed E-state index contributed by atoms with van der Waals surface area (Å²) in [5.41, 5.74) is 5.76. The molecule has 2 N–H and O–H groups in total. The van der Waals surface area contributed by atoms with Gasteiger partial charge in [-0.25, -0.2) is 0 Å². The van der Waals surface area contributed by atoms with Crippen molar-refractivity contribution in [3.63, 3.8) is 0 Å². The first kappa shape index (κ1) is 10.7. The van der Waals surface area contributed by atoms with Crippen LogP contribution in [0.3, 0.4) is 0 Å². The molecule has 2 unspecified atom stereocenters. The quantitative estimate of drug-likeness (QED) is 0.532. The van der Waals surface area contributed by atoms with Gasteiger partial charge in [-0.2, -0.15) is 0 Å². The highest BCUT2D eigenvalue weighted by atomic mass is 32.2. The number of nitrogens with zero attached hydrogens (tertiary/aromatic N) is 1. The van der Waals surface area contributed by atoms with Crippen LogP contribution in [0.4, 0.5) is 0 Å². The third-order valence-electron chi connectivity index (χ3n) is 2.19. The molecule has 0 saturated heterocycles. The highest BCUT2D eigenvalue weighted by Gasteiger charge is 2.25. The molecule has 0 bridgehead atoms. The molecular formula is C9H18N2OS. The van der Waals surface area contributed by atoms with E-state index in [0.717, 1.165) is 18.0 Å². The van der Waals surface area contributed by atoms with Crippen LogP contribution in [-0.4, -0.2) is 28.1 Å². The van der Waals surface area contributed by atoms with Gasteiger partial charge in [0.2, 0.25) is 0 Å². The van der Waals surface area contributed by atoms with Crippen LogP contribution in [0, 0.1) is 5.92 Å². The van der Waals surface area contributed by atoms with Crippen LogP contribution in [-0.2, 0) is 10.8 Å². The normalized spacial score (nSPS) is 22.8. The largest absolute Gasteiger partial charge is 0.387 e. The number of hydrogen-bond donors (Lipinski definition) is 1. The molecule has 1 rings (SSSR count). The topological polar surface area (TPSA) is 55.5 Å². The van der Waals surface area contributed by atoms with E-state index in [1.807, 2.05) is 6.92 Å². The Morgan fingerprint density at radius 1 is 1.69 bits per heavy atom. The molecule has 1 aliphatic carbocycles. The van der Waals surface area contributed by atoms with Crippen molar-refractivity contribution in [1.82, 2.24) is 0 Å². The summed E-state index contributed by atoms with van der Waals surface area (Å²) in [5, 5.41) is 0. The molecule has 3 nitrogen and oxygen atoms in total. The molecule has 0 radical (unpaired) electrons. The maximum Gasteiger partial charge on any atom is 0.0971 e. The van der Waals surface area contributed by atoms with Crippen LogP contribution in [0.2, 0.25) is 0 Å². The predicted octanol–water partition coefficient (Wildman–Crippen LogP) is 0.911. The van der Waals surface area contributed by atoms with Crippen molar-refractivity contribution in [3.8, 4) is 0 Å².